The molecule has 4 aromatic rings. The van der Waals surface area contributed by atoms with Gasteiger partial charge in [-0.15, -0.1) is 11.3 Å². The number of rotatable bonds is 6. The summed E-state index contributed by atoms with van der Waals surface area (Å²) in [5, 5.41) is 1.92. The molecule has 3 saturated heterocycles. The maximum atomic E-state index is 6.21. The van der Waals surface area contributed by atoms with E-state index >= 15 is 0 Å². The molecule has 0 bridgehead atoms. The van der Waals surface area contributed by atoms with Crippen LogP contribution in [-0.2, 0) is 4.84 Å². The van der Waals surface area contributed by atoms with E-state index in [1.54, 1.807) is 18.4 Å². The van der Waals surface area contributed by atoms with Gasteiger partial charge in [0.1, 0.15) is 5.75 Å². The summed E-state index contributed by atoms with van der Waals surface area (Å²) in [6, 6.07) is 19.9. The van der Waals surface area contributed by atoms with Crippen molar-refractivity contribution in [2.24, 2.45) is 0 Å². The molecule has 42 heavy (non-hydrogen) atoms. The number of fused-ring (bicyclic) bond motifs is 1. The van der Waals surface area contributed by atoms with E-state index in [0.717, 1.165) is 51.7 Å². The topological polar surface area (TPSA) is 83.2 Å². The van der Waals surface area contributed by atoms with Crippen molar-refractivity contribution in [2.75, 3.05) is 75.7 Å². The largest absolute Gasteiger partial charge is 0.495 e. The second-order valence-electron chi connectivity index (χ2n) is 11.5. The smallest absolute Gasteiger partial charge is 0.222 e. The van der Waals surface area contributed by atoms with Gasteiger partial charge in [0.2, 0.25) is 5.95 Å². The molecule has 9 nitrogen and oxygen atoms in total. The molecule has 0 saturated carbocycles. The Morgan fingerprint density at radius 1 is 0.929 bits per heavy atom. The maximum absolute atomic E-state index is 6.21. The van der Waals surface area contributed by atoms with Gasteiger partial charge in [-0.3, -0.25) is 9.74 Å². The third-order valence-electron chi connectivity index (χ3n) is 8.99. The quantitative estimate of drug-likeness (QED) is 0.334. The number of hydrogen-bond donors (Lipinski definition) is 1. The van der Waals surface area contributed by atoms with Crippen molar-refractivity contribution in [1.29, 1.82) is 0 Å². The van der Waals surface area contributed by atoms with Crippen molar-refractivity contribution in [3.05, 3.63) is 60.2 Å². The Hall–Kier alpha value is -3.44. The van der Waals surface area contributed by atoms with E-state index in [1.807, 2.05) is 11.1 Å². The van der Waals surface area contributed by atoms with Gasteiger partial charge in [-0.25, -0.2) is 10.0 Å². The number of nitrogens with two attached hydrogens (primary N) is 1. The van der Waals surface area contributed by atoms with Gasteiger partial charge in [-0.05, 0) is 49.2 Å². The van der Waals surface area contributed by atoms with Crippen LogP contribution in [0.15, 0.2) is 54.6 Å². The van der Waals surface area contributed by atoms with Gasteiger partial charge in [-0.1, -0.05) is 36.4 Å². The Morgan fingerprint density at radius 3 is 2.48 bits per heavy atom. The highest BCUT2D eigenvalue weighted by atomic mass is 32.1. The molecule has 220 valence electrons. The van der Waals surface area contributed by atoms with Crippen LogP contribution in [0.25, 0.3) is 20.7 Å². The Labute approximate surface area is 251 Å². The molecule has 3 fully saturated rings. The minimum Gasteiger partial charge on any atom is -0.495 e. The molecule has 1 atom stereocenters. The van der Waals surface area contributed by atoms with Gasteiger partial charge in [0.15, 0.2) is 5.82 Å². The number of aromatic nitrogens is 2. The number of ether oxygens (including phenoxy) is 1. The molecule has 3 aliphatic rings. The monoisotopic (exact) mass is 585 g/mol. The van der Waals surface area contributed by atoms with Gasteiger partial charge < -0.3 is 20.3 Å². The van der Waals surface area contributed by atoms with Crippen LogP contribution < -0.4 is 20.4 Å². The number of piperidine rings is 1. The predicted molar refractivity (Wildman–Crippen MR) is 170 cm³/mol. The highest BCUT2D eigenvalue weighted by molar-refractivity contribution is 7.22. The minimum atomic E-state index is 0.0778. The lowest BCUT2D eigenvalue weighted by Gasteiger charge is -2.42. The van der Waals surface area contributed by atoms with Crippen LogP contribution in [0.3, 0.4) is 0 Å². The molecule has 2 aromatic carbocycles. The number of methoxy groups -OCH3 is 1. The van der Waals surface area contributed by atoms with Gasteiger partial charge in [0, 0.05) is 56.6 Å². The predicted octanol–water partition coefficient (Wildman–Crippen LogP) is 5.05. The van der Waals surface area contributed by atoms with E-state index in [0.29, 0.717) is 12.6 Å². The van der Waals surface area contributed by atoms with E-state index in [1.165, 1.54) is 50.3 Å². The second-order valence-corrected chi connectivity index (χ2v) is 12.6. The number of piperazine rings is 1. The number of nitrogens with zero attached hydrogens (tertiary/aromatic N) is 6. The number of hydroxylamine groups is 1. The summed E-state index contributed by atoms with van der Waals surface area (Å²) < 4.78 is 6.92. The summed E-state index contributed by atoms with van der Waals surface area (Å²) in [7, 11) is 3.99. The van der Waals surface area contributed by atoms with Crippen molar-refractivity contribution >= 4 is 39.0 Å². The van der Waals surface area contributed by atoms with Crippen molar-refractivity contribution in [3.8, 4) is 16.2 Å². The number of benzene rings is 2. The molecule has 0 amide bonds. The van der Waals surface area contributed by atoms with Crippen molar-refractivity contribution in [3.63, 3.8) is 0 Å². The fourth-order valence-electron chi connectivity index (χ4n) is 6.63. The first kappa shape index (κ1) is 27.4. The highest BCUT2D eigenvalue weighted by Crippen LogP contribution is 2.44. The minimum absolute atomic E-state index is 0.0778. The van der Waals surface area contributed by atoms with Crippen LogP contribution in [0.5, 0.6) is 5.75 Å². The zero-order chi connectivity index (χ0) is 28.6. The summed E-state index contributed by atoms with van der Waals surface area (Å²) in [5.74, 6) is 1.88. The van der Waals surface area contributed by atoms with E-state index in [-0.39, 0.29) is 12.0 Å². The Balaban J connectivity index is 1.13. The van der Waals surface area contributed by atoms with Crippen LogP contribution in [0.1, 0.15) is 30.9 Å². The number of anilines is 3. The average molecular weight is 586 g/mol. The lowest BCUT2D eigenvalue weighted by molar-refractivity contribution is 0.0981. The summed E-state index contributed by atoms with van der Waals surface area (Å²) in [6.07, 6.45) is 3.27. The maximum Gasteiger partial charge on any atom is 0.222 e. The van der Waals surface area contributed by atoms with Gasteiger partial charge in [0.05, 0.1) is 35.7 Å². The first-order chi connectivity index (χ1) is 20.6. The molecule has 0 aliphatic carbocycles. The fourth-order valence-corrected chi connectivity index (χ4v) is 7.70. The Morgan fingerprint density at radius 2 is 1.71 bits per heavy atom. The van der Waals surface area contributed by atoms with Gasteiger partial charge in [0.25, 0.3) is 0 Å². The molecular formula is C32H39N7O2S. The first-order valence-electron chi connectivity index (χ1n) is 15.0. The van der Waals surface area contributed by atoms with Crippen molar-refractivity contribution in [2.45, 2.75) is 31.3 Å². The molecule has 1 unspecified atom stereocenters. The van der Waals surface area contributed by atoms with Crippen LogP contribution in [0.4, 0.5) is 17.5 Å². The van der Waals surface area contributed by atoms with E-state index < -0.39 is 0 Å². The average Bonchev–Trinajstić information content (AvgIpc) is 3.69. The van der Waals surface area contributed by atoms with Crippen LogP contribution in [0.2, 0.25) is 0 Å². The summed E-state index contributed by atoms with van der Waals surface area (Å²) in [4.78, 5) is 24.1. The molecule has 3 aliphatic heterocycles. The summed E-state index contributed by atoms with van der Waals surface area (Å²) in [5.41, 5.74) is 10.5. The molecule has 2 N–H and O–H groups in total. The van der Waals surface area contributed by atoms with Crippen molar-refractivity contribution < 1.29 is 9.57 Å². The Kier molecular flexibility index (Phi) is 7.62. The molecule has 10 heteroatoms. The number of likely N-dealkylation sites (N-methyl/N-ethyl adjacent to an activating group) is 1. The molecule has 0 radical (unpaired) electrons. The normalized spacial score (nSPS) is 21.0. The molecule has 2 aromatic heterocycles. The molecule has 5 heterocycles. The lowest BCUT2D eigenvalue weighted by Crippen LogP contribution is -2.52. The van der Waals surface area contributed by atoms with E-state index in [9.17, 15) is 0 Å². The summed E-state index contributed by atoms with van der Waals surface area (Å²) >= 11 is 1.67. The highest BCUT2D eigenvalue weighted by Gasteiger charge is 2.32. The van der Waals surface area contributed by atoms with Crippen LogP contribution in [-0.4, -0.2) is 85.8 Å². The second kappa shape index (κ2) is 11.7. The number of nitrogen functional groups attached to an aromatic ring is 1. The zero-order valence-electron chi connectivity index (χ0n) is 24.4. The van der Waals surface area contributed by atoms with Crippen LogP contribution in [0, 0.1) is 0 Å². The SMILES string of the molecule is COc1cc(-c2cc3nc(N)nc(N4OCCC4c4ccccc4)c3s2)ccc1N1CCC(N2CCN(C)CC2)CC1. The number of hydrogen-bond acceptors (Lipinski definition) is 10. The third-order valence-corrected chi connectivity index (χ3v) is 10.2. The van der Waals surface area contributed by atoms with Crippen molar-refractivity contribution in [1.82, 2.24) is 19.8 Å². The molecule has 0 spiro atoms. The van der Waals surface area contributed by atoms with E-state index in [2.05, 4.69) is 80.2 Å². The zero-order valence-corrected chi connectivity index (χ0v) is 25.2. The number of thiophene rings is 1. The Bertz CT molecular complexity index is 1530. The fraction of sp³-hybridized carbons (Fsp3) is 0.438. The standard InChI is InChI=1S/C32H39N7O2S/c1-36-15-17-37(18-16-36)24-10-13-38(14-11-24)27-9-8-23(20-28(27)40-2)29-21-25-30(42-29)31(35-32(33)34-25)39-26(12-19-41-39)22-6-4-3-5-7-22/h3-9,20-21,24,26H,10-19H2,1-2H3,(H2,33,34,35). The van der Waals surface area contributed by atoms with Crippen LogP contribution >= 0.6 is 11.3 Å². The van der Waals surface area contributed by atoms with Gasteiger partial charge in [-0.2, -0.15) is 4.98 Å². The lowest BCUT2D eigenvalue weighted by atomic mass is 10.0. The third kappa shape index (κ3) is 5.28. The molecule has 7 rings (SSSR count). The van der Waals surface area contributed by atoms with Gasteiger partial charge >= 0.3 is 0 Å². The first-order valence-corrected chi connectivity index (χ1v) is 15.8. The van der Waals surface area contributed by atoms with E-state index in [4.69, 9.17) is 15.3 Å². The molecular weight excluding hydrogens is 546 g/mol. The summed E-state index contributed by atoms with van der Waals surface area (Å²) in [6.45, 7) is 7.44.